The van der Waals surface area contributed by atoms with Gasteiger partial charge in [-0.25, -0.2) is 13.1 Å². The van der Waals surface area contributed by atoms with E-state index in [0.29, 0.717) is 31.7 Å². The van der Waals surface area contributed by atoms with Crippen molar-refractivity contribution in [2.75, 3.05) is 11.9 Å². The number of fused-ring (bicyclic) bond motifs is 1. The fourth-order valence-electron chi connectivity index (χ4n) is 3.23. The highest BCUT2D eigenvalue weighted by molar-refractivity contribution is 7.90. The van der Waals surface area contributed by atoms with Gasteiger partial charge in [0.1, 0.15) is 0 Å². The smallest absolute Gasteiger partial charge is 0.224 e. The predicted molar refractivity (Wildman–Crippen MR) is 102 cm³/mol. The quantitative estimate of drug-likeness (QED) is 0.692. The van der Waals surface area contributed by atoms with Crippen molar-refractivity contribution in [3.63, 3.8) is 0 Å². The number of unbranched alkanes of at least 4 members (excludes halogenated alkanes) is 1. The van der Waals surface area contributed by atoms with E-state index in [-0.39, 0.29) is 5.91 Å². The zero-order valence-corrected chi connectivity index (χ0v) is 16.5. The van der Waals surface area contributed by atoms with Gasteiger partial charge in [0.25, 0.3) is 0 Å². The van der Waals surface area contributed by atoms with Crippen LogP contribution < -0.4 is 10.0 Å². The van der Waals surface area contributed by atoms with E-state index in [9.17, 15) is 13.2 Å². The minimum absolute atomic E-state index is 0.0131. The molecule has 2 N–H and O–H groups in total. The van der Waals surface area contributed by atoms with E-state index >= 15 is 0 Å². The van der Waals surface area contributed by atoms with Gasteiger partial charge in [-0.05, 0) is 75.1 Å². The molecule has 0 aliphatic heterocycles. The van der Waals surface area contributed by atoms with E-state index in [4.69, 9.17) is 0 Å². The first kappa shape index (κ1) is 19.9. The molecule has 25 heavy (non-hydrogen) atoms. The molecule has 0 bridgehead atoms. The van der Waals surface area contributed by atoms with Crippen molar-refractivity contribution in [2.45, 2.75) is 71.0 Å². The Morgan fingerprint density at radius 1 is 1.28 bits per heavy atom. The summed E-state index contributed by atoms with van der Waals surface area (Å²) in [5.74, 6) is 0.592. The summed E-state index contributed by atoms with van der Waals surface area (Å²) >= 11 is 0. The molecule has 1 atom stereocenters. The highest BCUT2D eigenvalue weighted by Crippen LogP contribution is 2.37. The van der Waals surface area contributed by atoms with Gasteiger partial charge in [-0.3, -0.25) is 4.79 Å². The fraction of sp³-hybridized carbons (Fsp3) is 0.632. The summed E-state index contributed by atoms with van der Waals surface area (Å²) in [7, 11) is -3.21. The highest BCUT2D eigenvalue weighted by Gasteiger charge is 2.21. The molecule has 1 unspecified atom stereocenters. The molecule has 0 saturated carbocycles. The maximum absolute atomic E-state index is 12.1. The van der Waals surface area contributed by atoms with Crippen molar-refractivity contribution >= 4 is 21.6 Å². The van der Waals surface area contributed by atoms with Crippen LogP contribution >= 0.6 is 0 Å². The van der Waals surface area contributed by atoms with Gasteiger partial charge in [0.15, 0.2) is 0 Å². The molecule has 2 rings (SSSR count). The van der Waals surface area contributed by atoms with Crippen molar-refractivity contribution < 1.29 is 13.2 Å². The van der Waals surface area contributed by atoms with Gasteiger partial charge in [-0.1, -0.05) is 13.0 Å². The fourth-order valence-corrected chi connectivity index (χ4v) is 3.99. The second kappa shape index (κ2) is 8.32. The molecule has 0 fully saturated rings. The molecule has 0 saturated heterocycles. The topological polar surface area (TPSA) is 75.3 Å². The molecule has 0 radical (unpaired) electrons. The van der Waals surface area contributed by atoms with E-state index in [1.54, 1.807) is 13.8 Å². The molecule has 1 amide bonds. The average molecular weight is 367 g/mol. The summed E-state index contributed by atoms with van der Waals surface area (Å²) in [6.45, 7) is 8.00. The van der Waals surface area contributed by atoms with Crippen LogP contribution in [0.4, 0.5) is 5.69 Å². The molecule has 0 aromatic heterocycles. The van der Waals surface area contributed by atoms with E-state index in [1.807, 2.05) is 6.07 Å². The summed E-state index contributed by atoms with van der Waals surface area (Å²) in [4.78, 5) is 12.1. The number of hydrogen-bond acceptors (Lipinski definition) is 3. The summed E-state index contributed by atoms with van der Waals surface area (Å²) in [5, 5.41) is 2.57. The minimum Gasteiger partial charge on any atom is -0.326 e. The molecular formula is C19H30N2O3S. The Hall–Kier alpha value is -1.40. The SMILES string of the molecule is Cc1c(NC(=O)CCCCNS(=O)(=O)C(C)C)ccc2c1CCC2C. The molecule has 5 nitrogen and oxygen atoms in total. The van der Waals surface area contributed by atoms with Crippen LogP contribution in [0, 0.1) is 6.92 Å². The first-order chi connectivity index (χ1) is 11.7. The summed E-state index contributed by atoms with van der Waals surface area (Å²) in [6, 6.07) is 4.14. The van der Waals surface area contributed by atoms with Gasteiger partial charge in [-0.15, -0.1) is 0 Å². The zero-order chi connectivity index (χ0) is 18.6. The lowest BCUT2D eigenvalue weighted by molar-refractivity contribution is -0.116. The second-order valence-corrected chi connectivity index (χ2v) is 9.56. The number of amides is 1. The Balaban J connectivity index is 1.78. The highest BCUT2D eigenvalue weighted by atomic mass is 32.2. The van der Waals surface area contributed by atoms with Crippen molar-refractivity contribution in [1.29, 1.82) is 0 Å². The van der Waals surface area contributed by atoms with Gasteiger partial charge in [0.05, 0.1) is 5.25 Å². The normalized spacial score (nSPS) is 16.9. The van der Waals surface area contributed by atoms with Crippen LogP contribution in [-0.2, 0) is 21.2 Å². The van der Waals surface area contributed by atoms with Crippen LogP contribution in [0.2, 0.25) is 0 Å². The van der Waals surface area contributed by atoms with E-state index in [2.05, 4.69) is 30.0 Å². The predicted octanol–water partition coefficient (Wildman–Crippen LogP) is 3.48. The molecule has 0 heterocycles. The third-order valence-corrected chi connectivity index (χ3v) is 6.87. The Bertz CT molecular complexity index is 726. The number of hydrogen-bond donors (Lipinski definition) is 2. The maximum atomic E-state index is 12.1. The van der Waals surface area contributed by atoms with Gasteiger partial charge in [-0.2, -0.15) is 0 Å². The van der Waals surface area contributed by atoms with E-state index in [0.717, 1.165) is 12.1 Å². The number of benzene rings is 1. The molecule has 6 heteroatoms. The maximum Gasteiger partial charge on any atom is 0.224 e. The van der Waals surface area contributed by atoms with Crippen LogP contribution in [-0.4, -0.2) is 26.1 Å². The van der Waals surface area contributed by atoms with Crippen LogP contribution in [0.5, 0.6) is 0 Å². The van der Waals surface area contributed by atoms with Gasteiger partial charge in [0.2, 0.25) is 15.9 Å². The minimum atomic E-state index is -3.21. The lowest BCUT2D eigenvalue weighted by Gasteiger charge is -2.13. The van der Waals surface area contributed by atoms with Gasteiger partial charge >= 0.3 is 0 Å². The van der Waals surface area contributed by atoms with Crippen LogP contribution in [0.15, 0.2) is 12.1 Å². The zero-order valence-electron chi connectivity index (χ0n) is 15.7. The average Bonchev–Trinajstić information content (AvgIpc) is 2.91. The number of carbonyl (C=O) groups is 1. The molecule has 1 aliphatic rings. The third-order valence-electron chi connectivity index (χ3n) is 5.02. The number of sulfonamides is 1. The van der Waals surface area contributed by atoms with Gasteiger partial charge < -0.3 is 5.32 Å². The monoisotopic (exact) mass is 366 g/mol. The van der Waals surface area contributed by atoms with Gasteiger partial charge in [0, 0.05) is 18.7 Å². The molecule has 0 spiro atoms. The van der Waals surface area contributed by atoms with Crippen LogP contribution in [0.1, 0.15) is 69.1 Å². The lowest BCUT2D eigenvalue weighted by atomic mass is 9.99. The van der Waals surface area contributed by atoms with Crippen molar-refractivity contribution in [2.24, 2.45) is 0 Å². The summed E-state index contributed by atoms with van der Waals surface area (Å²) < 4.78 is 25.8. The molecular weight excluding hydrogens is 336 g/mol. The summed E-state index contributed by atoms with van der Waals surface area (Å²) in [6.07, 6.45) is 3.98. The molecule has 1 aromatic carbocycles. The Kier molecular flexibility index (Phi) is 6.63. The number of anilines is 1. The second-order valence-electron chi connectivity index (χ2n) is 7.24. The standard InChI is InChI=1S/C19H30N2O3S/c1-13(2)25(23,24)20-12-6-5-7-19(22)21-18-11-10-16-14(3)8-9-17(16)15(18)4/h10-11,13-14,20H,5-9,12H2,1-4H3,(H,21,22). The van der Waals surface area contributed by atoms with Crippen molar-refractivity contribution in [1.82, 2.24) is 4.72 Å². The number of nitrogens with one attached hydrogen (secondary N) is 2. The van der Waals surface area contributed by atoms with Crippen molar-refractivity contribution in [3.05, 3.63) is 28.8 Å². The summed E-state index contributed by atoms with van der Waals surface area (Å²) in [5.41, 5.74) is 4.87. The van der Waals surface area contributed by atoms with Crippen molar-refractivity contribution in [3.8, 4) is 0 Å². The Labute approximate surface area is 151 Å². The lowest BCUT2D eigenvalue weighted by Crippen LogP contribution is -2.31. The molecule has 1 aromatic rings. The largest absolute Gasteiger partial charge is 0.326 e. The molecule has 140 valence electrons. The number of rotatable bonds is 8. The first-order valence-corrected chi connectivity index (χ1v) is 10.7. The number of carbonyl (C=O) groups excluding carboxylic acids is 1. The van der Waals surface area contributed by atoms with Crippen LogP contribution in [0.3, 0.4) is 0 Å². The third kappa shape index (κ3) is 5.05. The molecule has 1 aliphatic carbocycles. The Morgan fingerprint density at radius 2 is 2.00 bits per heavy atom. The van der Waals surface area contributed by atoms with E-state index < -0.39 is 15.3 Å². The van der Waals surface area contributed by atoms with E-state index in [1.165, 1.54) is 23.1 Å². The van der Waals surface area contributed by atoms with Crippen LogP contribution in [0.25, 0.3) is 0 Å². The Morgan fingerprint density at radius 3 is 2.68 bits per heavy atom. The first-order valence-electron chi connectivity index (χ1n) is 9.13.